The van der Waals surface area contributed by atoms with Gasteiger partial charge in [0, 0.05) is 16.6 Å². The quantitative estimate of drug-likeness (QED) is 0.775. The van der Waals surface area contributed by atoms with E-state index < -0.39 is 0 Å². The Kier molecular flexibility index (Phi) is 3.90. The highest BCUT2D eigenvalue weighted by atomic mass is 35.5. The second-order valence-corrected chi connectivity index (χ2v) is 5.06. The van der Waals surface area contributed by atoms with Gasteiger partial charge in [-0.2, -0.15) is 0 Å². The fraction of sp³-hybridized carbons (Fsp3) is 0.500. The number of hydrogen-bond acceptors (Lipinski definition) is 1. The maximum Gasteiger partial charge on any atom is 0.0424 e. The molecule has 0 radical (unpaired) electrons. The number of nitrogens with one attached hydrogen (secondary N) is 1. The van der Waals surface area contributed by atoms with Crippen molar-refractivity contribution in [1.29, 1.82) is 0 Å². The Morgan fingerprint density at radius 2 is 1.80 bits per heavy atom. The monoisotopic (exact) mass is 243 g/mol. The first-order chi connectivity index (χ1) is 7.24. The average Bonchev–Trinajstić information content (AvgIpc) is 2.94. The second-order valence-electron chi connectivity index (χ2n) is 4.19. The standard InChI is InChI=1S/C12H15Cl2N/c13-11-5-10(6-12(14)7-11)8-15-4-3-9-1-2-9/h5-7,9,15H,1-4,8H2. The summed E-state index contributed by atoms with van der Waals surface area (Å²) < 4.78 is 0. The SMILES string of the molecule is Clc1cc(Cl)cc(CNCCC2CC2)c1. The molecule has 82 valence electrons. The summed E-state index contributed by atoms with van der Waals surface area (Å²) in [5.41, 5.74) is 1.16. The molecule has 1 saturated carbocycles. The Morgan fingerprint density at radius 3 is 2.40 bits per heavy atom. The summed E-state index contributed by atoms with van der Waals surface area (Å²) in [6, 6.07) is 5.67. The van der Waals surface area contributed by atoms with Crippen molar-refractivity contribution in [2.75, 3.05) is 6.54 Å². The van der Waals surface area contributed by atoms with Crippen LogP contribution in [0.2, 0.25) is 10.0 Å². The Balaban J connectivity index is 1.76. The second kappa shape index (κ2) is 5.20. The van der Waals surface area contributed by atoms with Gasteiger partial charge >= 0.3 is 0 Å². The van der Waals surface area contributed by atoms with E-state index in [2.05, 4.69) is 5.32 Å². The zero-order chi connectivity index (χ0) is 10.7. The molecule has 0 spiro atoms. The molecule has 0 atom stereocenters. The van der Waals surface area contributed by atoms with Gasteiger partial charge in [-0.15, -0.1) is 0 Å². The minimum Gasteiger partial charge on any atom is -0.313 e. The minimum absolute atomic E-state index is 0.710. The van der Waals surface area contributed by atoms with E-state index in [-0.39, 0.29) is 0 Å². The van der Waals surface area contributed by atoms with Gasteiger partial charge in [0.15, 0.2) is 0 Å². The molecule has 0 amide bonds. The highest BCUT2D eigenvalue weighted by Crippen LogP contribution is 2.31. The van der Waals surface area contributed by atoms with Gasteiger partial charge in [-0.3, -0.25) is 0 Å². The summed E-state index contributed by atoms with van der Waals surface area (Å²) in [5, 5.41) is 4.83. The van der Waals surface area contributed by atoms with E-state index in [1.807, 2.05) is 12.1 Å². The summed E-state index contributed by atoms with van der Waals surface area (Å²) >= 11 is 11.8. The first kappa shape index (κ1) is 11.3. The number of rotatable bonds is 5. The predicted molar refractivity (Wildman–Crippen MR) is 65.5 cm³/mol. The smallest absolute Gasteiger partial charge is 0.0424 e. The van der Waals surface area contributed by atoms with Gasteiger partial charge in [-0.25, -0.2) is 0 Å². The molecule has 3 heteroatoms. The van der Waals surface area contributed by atoms with Gasteiger partial charge < -0.3 is 5.32 Å². The van der Waals surface area contributed by atoms with Gasteiger partial charge in [0.25, 0.3) is 0 Å². The topological polar surface area (TPSA) is 12.0 Å². The van der Waals surface area contributed by atoms with E-state index in [1.165, 1.54) is 19.3 Å². The molecule has 1 fully saturated rings. The normalized spacial score (nSPS) is 15.6. The molecule has 2 rings (SSSR count). The maximum absolute atomic E-state index is 5.91. The van der Waals surface area contributed by atoms with Crippen LogP contribution in [0.1, 0.15) is 24.8 Å². The fourth-order valence-corrected chi connectivity index (χ4v) is 2.23. The summed E-state index contributed by atoms with van der Waals surface area (Å²) in [7, 11) is 0. The van der Waals surface area contributed by atoms with Crippen molar-refractivity contribution in [3.8, 4) is 0 Å². The van der Waals surface area contributed by atoms with Crippen LogP contribution < -0.4 is 5.32 Å². The first-order valence-corrected chi connectivity index (χ1v) is 6.15. The van der Waals surface area contributed by atoms with Crippen molar-refractivity contribution in [1.82, 2.24) is 5.32 Å². The number of halogens is 2. The van der Waals surface area contributed by atoms with Gasteiger partial charge in [0.05, 0.1) is 0 Å². The minimum atomic E-state index is 0.710. The highest BCUT2D eigenvalue weighted by molar-refractivity contribution is 6.34. The molecule has 1 nitrogen and oxygen atoms in total. The third kappa shape index (κ3) is 4.02. The van der Waals surface area contributed by atoms with Crippen LogP contribution in [0, 0.1) is 5.92 Å². The van der Waals surface area contributed by atoms with Crippen LogP contribution in [-0.2, 0) is 6.54 Å². The summed E-state index contributed by atoms with van der Waals surface area (Å²) in [6.45, 7) is 1.95. The van der Waals surface area contributed by atoms with Crippen LogP contribution in [0.15, 0.2) is 18.2 Å². The van der Waals surface area contributed by atoms with Crippen LogP contribution in [0.5, 0.6) is 0 Å². The Labute approximate surface area is 101 Å². The van der Waals surface area contributed by atoms with Crippen molar-refractivity contribution in [2.45, 2.75) is 25.8 Å². The lowest BCUT2D eigenvalue weighted by atomic mass is 10.2. The molecule has 0 saturated heterocycles. The fourth-order valence-electron chi connectivity index (χ4n) is 1.66. The van der Waals surface area contributed by atoms with Crippen molar-refractivity contribution < 1.29 is 0 Å². The molecule has 0 aromatic heterocycles. The maximum atomic E-state index is 5.91. The Morgan fingerprint density at radius 1 is 1.13 bits per heavy atom. The summed E-state index contributed by atoms with van der Waals surface area (Å²) in [4.78, 5) is 0. The molecule has 15 heavy (non-hydrogen) atoms. The molecular formula is C12H15Cl2N. The van der Waals surface area contributed by atoms with Crippen molar-refractivity contribution in [3.05, 3.63) is 33.8 Å². The van der Waals surface area contributed by atoms with Crippen molar-refractivity contribution in [2.24, 2.45) is 5.92 Å². The number of hydrogen-bond donors (Lipinski definition) is 1. The molecule has 1 aromatic rings. The van der Waals surface area contributed by atoms with Crippen LogP contribution >= 0.6 is 23.2 Å². The van der Waals surface area contributed by atoms with Gasteiger partial charge in [0.2, 0.25) is 0 Å². The Bertz CT molecular complexity index is 314. The van der Waals surface area contributed by atoms with Gasteiger partial charge in [0.1, 0.15) is 0 Å². The third-order valence-corrected chi connectivity index (χ3v) is 3.11. The lowest BCUT2D eigenvalue weighted by Gasteiger charge is -2.05. The number of benzene rings is 1. The summed E-state index contributed by atoms with van der Waals surface area (Å²) in [5.74, 6) is 0.987. The molecule has 0 heterocycles. The zero-order valence-corrected chi connectivity index (χ0v) is 10.1. The van der Waals surface area contributed by atoms with Crippen molar-refractivity contribution in [3.63, 3.8) is 0 Å². The van der Waals surface area contributed by atoms with Crippen LogP contribution in [0.3, 0.4) is 0 Å². The Hall–Kier alpha value is -0.240. The molecule has 0 bridgehead atoms. The third-order valence-electron chi connectivity index (χ3n) is 2.68. The lowest BCUT2D eigenvalue weighted by molar-refractivity contribution is 0.613. The van der Waals surface area contributed by atoms with Gasteiger partial charge in [-0.05, 0) is 42.6 Å². The predicted octanol–water partition coefficient (Wildman–Crippen LogP) is 3.88. The average molecular weight is 244 g/mol. The molecular weight excluding hydrogens is 229 g/mol. The molecule has 0 unspecified atom stereocenters. The van der Waals surface area contributed by atoms with E-state index in [9.17, 15) is 0 Å². The van der Waals surface area contributed by atoms with Crippen molar-refractivity contribution >= 4 is 23.2 Å². The van der Waals surface area contributed by atoms with E-state index in [0.717, 1.165) is 24.6 Å². The first-order valence-electron chi connectivity index (χ1n) is 5.40. The molecule has 1 aliphatic carbocycles. The van der Waals surface area contributed by atoms with E-state index >= 15 is 0 Å². The molecule has 1 aromatic carbocycles. The zero-order valence-electron chi connectivity index (χ0n) is 8.60. The summed E-state index contributed by atoms with van der Waals surface area (Å²) in [6.07, 6.45) is 4.14. The lowest BCUT2D eigenvalue weighted by Crippen LogP contribution is -2.15. The molecule has 0 aliphatic heterocycles. The van der Waals surface area contributed by atoms with E-state index in [4.69, 9.17) is 23.2 Å². The van der Waals surface area contributed by atoms with E-state index in [0.29, 0.717) is 10.0 Å². The molecule has 1 aliphatic rings. The van der Waals surface area contributed by atoms with Crippen LogP contribution in [-0.4, -0.2) is 6.54 Å². The van der Waals surface area contributed by atoms with Crippen LogP contribution in [0.4, 0.5) is 0 Å². The largest absolute Gasteiger partial charge is 0.313 e. The van der Waals surface area contributed by atoms with Gasteiger partial charge in [-0.1, -0.05) is 36.0 Å². The van der Waals surface area contributed by atoms with E-state index in [1.54, 1.807) is 6.07 Å². The highest BCUT2D eigenvalue weighted by Gasteiger charge is 2.19. The van der Waals surface area contributed by atoms with Crippen LogP contribution in [0.25, 0.3) is 0 Å². The molecule has 1 N–H and O–H groups in total.